The molecule has 6 heteroatoms. The number of hydrogen-bond donors (Lipinski definition) is 2. The Bertz CT molecular complexity index is 625. The molecule has 0 amide bonds. The molecule has 1 saturated heterocycles. The molecule has 2 rings (SSSR count). The molecule has 0 spiro atoms. The molecule has 0 bridgehead atoms. The lowest BCUT2D eigenvalue weighted by molar-refractivity contribution is 0.0200. The highest BCUT2D eigenvalue weighted by molar-refractivity contribution is 7.89. The van der Waals surface area contributed by atoms with Gasteiger partial charge in [0.1, 0.15) is 6.61 Å². The van der Waals surface area contributed by atoms with E-state index in [9.17, 15) is 8.42 Å². The molecular formula is C15H19NO4S. The van der Waals surface area contributed by atoms with Crippen molar-refractivity contribution >= 4 is 10.0 Å². The van der Waals surface area contributed by atoms with E-state index in [4.69, 9.17) is 9.84 Å². The summed E-state index contributed by atoms with van der Waals surface area (Å²) in [5, 5.41) is 8.74. The van der Waals surface area contributed by atoms with Crippen molar-refractivity contribution in [3.05, 3.63) is 29.8 Å². The van der Waals surface area contributed by atoms with Crippen molar-refractivity contribution in [3.8, 4) is 11.8 Å². The second kappa shape index (κ2) is 7.57. The van der Waals surface area contributed by atoms with Crippen molar-refractivity contribution in [3.63, 3.8) is 0 Å². The molecule has 1 unspecified atom stereocenters. The number of aliphatic hydroxyl groups is 1. The summed E-state index contributed by atoms with van der Waals surface area (Å²) in [7, 11) is -3.63. The number of hydrogen-bond acceptors (Lipinski definition) is 4. The zero-order valence-corrected chi connectivity index (χ0v) is 12.5. The van der Waals surface area contributed by atoms with E-state index in [0.29, 0.717) is 12.2 Å². The van der Waals surface area contributed by atoms with Gasteiger partial charge >= 0.3 is 0 Å². The molecule has 1 heterocycles. The van der Waals surface area contributed by atoms with Gasteiger partial charge in [-0.25, -0.2) is 13.1 Å². The highest BCUT2D eigenvalue weighted by Crippen LogP contribution is 2.16. The van der Waals surface area contributed by atoms with E-state index in [0.717, 1.165) is 19.3 Å². The van der Waals surface area contributed by atoms with E-state index in [1.807, 2.05) is 0 Å². The predicted molar refractivity (Wildman–Crippen MR) is 79.2 cm³/mol. The van der Waals surface area contributed by atoms with Gasteiger partial charge in [-0.1, -0.05) is 24.0 Å². The first-order valence-electron chi connectivity index (χ1n) is 6.93. The fourth-order valence-electron chi connectivity index (χ4n) is 2.19. The summed E-state index contributed by atoms with van der Waals surface area (Å²) in [6.45, 7) is 0.646. The van der Waals surface area contributed by atoms with Gasteiger partial charge in [0.05, 0.1) is 11.0 Å². The Balaban J connectivity index is 2.11. The van der Waals surface area contributed by atoms with Crippen molar-refractivity contribution < 1.29 is 18.3 Å². The van der Waals surface area contributed by atoms with E-state index in [1.165, 1.54) is 6.07 Å². The fourth-order valence-corrected chi connectivity index (χ4v) is 3.41. The number of aliphatic hydroxyl groups excluding tert-OH is 1. The van der Waals surface area contributed by atoms with Gasteiger partial charge in [-0.3, -0.25) is 0 Å². The number of sulfonamides is 1. The van der Waals surface area contributed by atoms with Gasteiger partial charge in [0.2, 0.25) is 10.0 Å². The lowest BCUT2D eigenvalue weighted by Gasteiger charge is -2.22. The minimum Gasteiger partial charge on any atom is -0.384 e. The molecule has 1 aromatic rings. The van der Waals surface area contributed by atoms with Gasteiger partial charge in [-0.15, -0.1) is 0 Å². The largest absolute Gasteiger partial charge is 0.384 e. The smallest absolute Gasteiger partial charge is 0.241 e. The Morgan fingerprint density at radius 2 is 2.14 bits per heavy atom. The molecule has 1 aliphatic rings. The predicted octanol–water partition coefficient (Wildman–Crippen LogP) is 0.878. The molecule has 114 valence electrons. The van der Waals surface area contributed by atoms with Crippen LogP contribution >= 0.6 is 0 Å². The van der Waals surface area contributed by atoms with Crippen LogP contribution in [-0.4, -0.2) is 39.4 Å². The van der Waals surface area contributed by atoms with Gasteiger partial charge in [0, 0.05) is 18.7 Å². The zero-order valence-electron chi connectivity index (χ0n) is 11.7. The monoisotopic (exact) mass is 309 g/mol. The Kier molecular flexibility index (Phi) is 5.76. The van der Waals surface area contributed by atoms with Crippen LogP contribution in [0.1, 0.15) is 24.8 Å². The highest BCUT2D eigenvalue weighted by Gasteiger charge is 2.20. The van der Waals surface area contributed by atoms with Gasteiger partial charge in [0.15, 0.2) is 0 Å². The summed E-state index contributed by atoms with van der Waals surface area (Å²) < 4.78 is 32.8. The summed E-state index contributed by atoms with van der Waals surface area (Å²) in [6.07, 6.45) is 2.90. The Hall–Kier alpha value is -1.39. The van der Waals surface area contributed by atoms with Crippen LogP contribution in [-0.2, 0) is 14.8 Å². The molecule has 0 saturated carbocycles. The van der Waals surface area contributed by atoms with Crippen LogP contribution in [0.25, 0.3) is 0 Å². The Morgan fingerprint density at radius 1 is 1.33 bits per heavy atom. The first kappa shape index (κ1) is 16.0. The van der Waals surface area contributed by atoms with Crippen molar-refractivity contribution in [2.75, 3.05) is 19.8 Å². The van der Waals surface area contributed by atoms with Crippen molar-refractivity contribution in [1.29, 1.82) is 0 Å². The van der Waals surface area contributed by atoms with E-state index in [1.54, 1.807) is 18.2 Å². The van der Waals surface area contributed by atoms with Crippen molar-refractivity contribution in [1.82, 2.24) is 4.72 Å². The third-order valence-electron chi connectivity index (χ3n) is 3.25. The second-order valence-electron chi connectivity index (χ2n) is 4.80. The summed E-state index contributed by atoms with van der Waals surface area (Å²) in [4.78, 5) is 0.127. The van der Waals surface area contributed by atoms with Crippen LogP contribution in [0, 0.1) is 11.8 Å². The van der Waals surface area contributed by atoms with Gasteiger partial charge in [-0.05, 0) is 31.4 Å². The van der Waals surface area contributed by atoms with Gasteiger partial charge in [0.25, 0.3) is 0 Å². The minimum absolute atomic E-state index is 0.0655. The maximum absolute atomic E-state index is 12.4. The molecule has 2 N–H and O–H groups in total. The maximum atomic E-state index is 12.4. The standard InChI is InChI=1S/C15H19NO4S/c17-10-5-7-13-6-1-2-9-15(13)21(18,19)16-12-14-8-3-4-11-20-14/h1-2,6,9,14,16-17H,3-4,8,10-12H2. The molecular weight excluding hydrogens is 290 g/mol. The normalized spacial score (nSPS) is 18.8. The van der Waals surface area contributed by atoms with Crippen LogP contribution in [0.2, 0.25) is 0 Å². The minimum atomic E-state index is -3.63. The number of benzene rings is 1. The van der Waals surface area contributed by atoms with Crippen LogP contribution < -0.4 is 4.72 Å². The lowest BCUT2D eigenvalue weighted by atomic mass is 10.1. The molecule has 0 aliphatic carbocycles. The van der Waals surface area contributed by atoms with E-state index >= 15 is 0 Å². The summed E-state index contributed by atoms with van der Waals surface area (Å²) in [5.74, 6) is 5.13. The van der Waals surface area contributed by atoms with E-state index in [-0.39, 0.29) is 24.2 Å². The number of rotatable bonds is 4. The quantitative estimate of drug-likeness (QED) is 0.810. The van der Waals surface area contributed by atoms with Crippen LogP contribution in [0.15, 0.2) is 29.2 Å². The SMILES string of the molecule is O=S(=O)(NCC1CCCCO1)c1ccccc1C#CCO. The van der Waals surface area contributed by atoms with E-state index < -0.39 is 10.0 Å². The summed E-state index contributed by atoms with van der Waals surface area (Å²) in [6, 6.07) is 6.49. The molecule has 0 radical (unpaired) electrons. The number of nitrogens with one attached hydrogen (secondary N) is 1. The molecule has 1 fully saturated rings. The summed E-state index contributed by atoms with van der Waals surface area (Å²) >= 11 is 0. The van der Waals surface area contributed by atoms with Crippen LogP contribution in [0.4, 0.5) is 0 Å². The van der Waals surface area contributed by atoms with Crippen LogP contribution in [0.5, 0.6) is 0 Å². The lowest BCUT2D eigenvalue weighted by Crippen LogP contribution is -2.35. The second-order valence-corrected chi connectivity index (χ2v) is 6.53. The third-order valence-corrected chi connectivity index (χ3v) is 4.74. The van der Waals surface area contributed by atoms with Crippen molar-refractivity contribution in [2.24, 2.45) is 0 Å². The molecule has 5 nitrogen and oxygen atoms in total. The number of ether oxygens (including phenoxy) is 1. The Morgan fingerprint density at radius 3 is 2.86 bits per heavy atom. The molecule has 1 aliphatic heterocycles. The Labute approximate surface area is 125 Å². The molecule has 0 aromatic heterocycles. The molecule has 1 atom stereocenters. The topological polar surface area (TPSA) is 75.6 Å². The average Bonchev–Trinajstić information content (AvgIpc) is 2.52. The first-order chi connectivity index (χ1) is 10.1. The van der Waals surface area contributed by atoms with Gasteiger partial charge < -0.3 is 9.84 Å². The third kappa shape index (κ3) is 4.55. The average molecular weight is 309 g/mol. The summed E-state index contributed by atoms with van der Waals surface area (Å²) in [5.41, 5.74) is 0.378. The maximum Gasteiger partial charge on any atom is 0.241 e. The highest BCUT2D eigenvalue weighted by atomic mass is 32.2. The molecule has 21 heavy (non-hydrogen) atoms. The molecule has 1 aromatic carbocycles. The fraction of sp³-hybridized carbons (Fsp3) is 0.467. The van der Waals surface area contributed by atoms with Gasteiger partial charge in [-0.2, -0.15) is 0 Å². The van der Waals surface area contributed by atoms with E-state index in [2.05, 4.69) is 16.6 Å². The van der Waals surface area contributed by atoms with Crippen LogP contribution in [0.3, 0.4) is 0 Å². The zero-order chi connectivity index (χ0) is 15.1. The first-order valence-corrected chi connectivity index (χ1v) is 8.42. The van der Waals surface area contributed by atoms with Crippen molar-refractivity contribution in [2.45, 2.75) is 30.3 Å².